The molecule has 0 aliphatic heterocycles. The van der Waals surface area contributed by atoms with Crippen molar-refractivity contribution >= 4 is 0 Å². The third-order valence-electron chi connectivity index (χ3n) is 5.60. The fourth-order valence-corrected chi connectivity index (χ4v) is 4.47. The van der Waals surface area contributed by atoms with E-state index in [-0.39, 0.29) is 10.8 Å². The second-order valence-corrected chi connectivity index (χ2v) is 6.65. The summed E-state index contributed by atoms with van der Waals surface area (Å²) in [4.78, 5) is 4.44. The third-order valence-corrected chi connectivity index (χ3v) is 5.60. The van der Waals surface area contributed by atoms with E-state index in [2.05, 4.69) is 25.8 Å². The molecule has 1 aromatic rings. The monoisotopic (exact) mass is 231 g/mol. The van der Waals surface area contributed by atoms with Crippen molar-refractivity contribution in [3.05, 3.63) is 30.1 Å². The number of fused-ring (bicyclic) bond motifs is 2. The molecule has 0 amide bonds. The number of aliphatic hydroxyl groups is 1. The van der Waals surface area contributed by atoms with Gasteiger partial charge in [0.1, 0.15) is 5.60 Å². The van der Waals surface area contributed by atoms with Crippen molar-refractivity contribution in [2.75, 3.05) is 0 Å². The van der Waals surface area contributed by atoms with E-state index in [1.807, 2.05) is 18.2 Å². The van der Waals surface area contributed by atoms with Crippen molar-refractivity contribution < 1.29 is 5.11 Å². The lowest BCUT2D eigenvalue weighted by molar-refractivity contribution is -0.153. The second-order valence-electron chi connectivity index (χ2n) is 6.65. The Kier molecular flexibility index (Phi) is 2.05. The van der Waals surface area contributed by atoms with E-state index in [0.717, 1.165) is 18.5 Å². The molecule has 2 unspecified atom stereocenters. The van der Waals surface area contributed by atoms with Crippen molar-refractivity contribution in [2.24, 2.45) is 16.7 Å². The molecule has 2 aliphatic carbocycles. The highest BCUT2D eigenvalue weighted by Gasteiger charge is 2.69. The van der Waals surface area contributed by atoms with Crippen molar-refractivity contribution in [1.82, 2.24) is 4.98 Å². The zero-order valence-corrected chi connectivity index (χ0v) is 10.9. The Morgan fingerprint density at radius 2 is 2.06 bits per heavy atom. The molecule has 2 bridgehead atoms. The van der Waals surface area contributed by atoms with Crippen LogP contribution in [0.25, 0.3) is 0 Å². The largest absolute Gasteiger partial charge is 0.382 e. The average Bonchev–Trinajstić information content (AvgIpc) is 2.78. The molecule has 2 heteroatoms. The Labute approximate surface area is 103 Å². The van der Waals surface area contributed by atoms with Crippen LogP contribution < -0.4 is 0 Å². The highest BCUT2D eigenvalue weighted by atomic mass is 16.3. The minimum atomic E-state index is -0.774. The van der Waals surface area contributed by atoms with E-state index in [9.17, 15) is 5.11 Å². The summed E-state index contributed by atoms with van der Waals surface area (Å²) >= 11 is 0. The first kappa shape index (κ1) is 11.2. The van der Waals surface area contributed by atoms with Gasteiger partial charge < -0.3 is 5.11 Å². The number of rotatable bonds is 1. The lowest BCUT2D eigenvalue weighted by Gasteiger charge is -2.50. The van der Waals surface area contributed by atoms with Gasteiger partial charge in [0.15, 0.2) is 0 Å². The molecule has 0 radical (unpaired) electrons. The second kappa shape index (κ2) is 3.11. The molecular weight excluding hydrogens is 210 g/mol. The van der Waals surface area contributed by atoms with Gasteiger partial charge >= 0.3 is 0 Å². The third kappa shape index (κ3) is 1.12. The van der Waals surface area contributed by atoms with Crippen LogP contribution >= 0.6 is 0 Å². The Morgan fingerprint density at radius 3 is 2.59 bits per heavy atom. The molecule has 2 aliphatic rings. The first-order chi connectivity index (χ1) is 7.92. The molecule has 0 aromatic carbocycles. The quantitative estimate of drug-likeness (QED) is 0.805. The molecule has 0 spiro atoms. The van der Waals surface area contributed by atoms with Gasteiger partial charge in [-0.2, -0.15) is 0 Å². The van der Waals surface area contributed by atoms with Crippen LogP contribution in [-0.2, 0) is 5.60 Å². The summed E-state index contributed by atoms with van der Waals surface area (Å²) in [7, 11) is 0. The summed E-state index contributed by atoms with van der Waals surface area (Å²) in [6.45, 7) is 6.64. The molecule has 0 saturated heterocycles. The van der Waals surface area contributed by atoms with E-state index in [4.69, 9.17) is 0 Å². The number of pyridine rings is 1. The number of nitrogens with zero attached hydrogens (tertiary/aromatic N) is 1. The van der Waals surface area contributed by atoms with Crippen LogP contribution in [0.3, 0.4) is 0 Å². The van der Waals surface area contributed by atoms with Crippen LogP contribution in [-0.4, -0.2) is 10.1 Å². The van der Waals surface area contributed by atoms with Gasteiger partial charge in [-0.15, -0.1) is 0 Å². The van der Waals surface area contributed by atoms with Crippen LogP contribution in [0.1, 0.15) is 45.7 Å². The molecule has 1 heterocycles. The zero-order valence-electron chi connectivity index (χ0n) is 10.9. The van der Waals surface area contributed by atoms with Crippen molar-refractivity contribution in [2.45, 2.75) is 45.6 Å². The maximum absolute atomic E-state index is 11.4. The van der Waals surface area contributed by atoms with Gasteiger partial charge in [0.05, 0.1) is 5.69 Å². The molecule has 1 N–H and O–H groups in total. The average molecular weight is 231 g/mol. The van der Waals surface area contributed by atoms with Crippen molar-refractivity contribution in [3.63, 3.8) is 0 Å². The van der Waals surface area contributed by atoms with Gasteiger partial charge in [-0.1, -0.05) is 26.8 Å². The highest BCUT2D eigenvalue weighted by Crippen LogP contribution is 2.71. The molecule has 3 rings (SSSR count). The van der Waals surface area contributed by atoms with Gasteiger partial charge in [-0.3, -0.25) is 4.98 Å². The number of aromatic nitrogens is 1. The lowest BCUT2D eigenvalue weighted by atomic mass is 9.59. The van der Waals surface area contributed by atoms with E-state index in [0.29, 0.717) is 5.92 Å². The van der Waals surface area contributed by atoms with Crippen LogP contribution in [0.2, 0.25) is 0 Å². The van der Waals surface area contributed by atoms with Crippen molar-refractivity contribution in [1.29, 1.82) is 0 Å². The highest BCUT2D eigenvalue weighted by molar-refractivity contribution is 5.28. The topological polar surface area (TPSA) is 33.1 Å². The predicted octanol–water partition coefficient (Wildman–Crippen LogP) is 3.12. The van der Waals surface area contributed by atoms with Crippen LogP contribution in [0.4, 0.5) is 0 Å². The van der Waals surface area contributed by atoms with Crippen LogP contribution in [0, 0.1) is 16.7 Å². The molecule has 2 fully saturated rings. The van der Waals surface area contributed by atoms with Gasteiger partial charge in [0.2, 0.25) is 0 Å². The Hall–Kier alpha value is -0.890. The van der Waals surface area contributed by atoms with Gasteiger partial charge in [-0.25, -0.2) is 0 Å². The maximum Gasteiger partial charge on any atom is 0.117 e. The maximum atomic E-state index is 11.4. The van der Waals surface area contributed by atoms with E-state index in [1.54, 1.807) is 6.20 Å². The van der Waals surface area contributed by atoms with Crippen molar-refractivity contribution in [3.8, 4) is 0 Å². The standard InChI is InChI=1S/C15H21NO/c1-13(2)11-7-8-14(3,10-11)15(13,17)12-6-4-5-9-16-12/h4-6,9,11,17H,7-8,10H2,1-3H3/t11?,14?,15-/m0/s1. The number of hydrogen-bond donors (Lipinski definition) is 1. The minimum absolute atomic E-state index is 0.00444. The predicted molar refractivity (Wildman–Crippen MR) is 67.4 cm³/mol. The molecule has 1 aromatic heterocycles. The minimum Gasteiger partial charge on any atom is -0.382 e. The molecule has 2 nitrogen and oxygen atoms in total. The lowest BCUT2D eigenvalue weighted by Crippen LogP contribution is -2.51. The smallest absolute Gasteiger partial charge is 0.117 e. The Morgan fingerprint density at radius 1 is 1.29 bits per heavy atom. The number of hydrogen-bond acceptors (Lipinski definition) is 2. The first-order valence-corrected chi connectivity index (χ1v) is 6.56. The summed E-state index contributed by atoms with van der Waals surface area (Å²) < 4.78 is 0. The molecule has 2 saturated carbocycles. The van der Waals surface area contributed by atoms with Gasteiger partial charge in [-0.05, 0) is 37.3 Å². The first-order valence-electron chi connectivity index (χ1n) is 6.56. The normalized spacial score (nSPS) is 42.9. The van der Waals surface area contributed by atoms with E-state index < -0.39 is 5.60 Å². The summed E-state index contributed by atoms with van der Waals surface area (Å²) in [6.07, 6.45) is 5.29. The summed E-state index contributed by atoms with van der Waals surface area (Å²) in [5, 5.41) is 11.4. The van der Waals surface area contributed by atoms with E-state index in [1.165, 1.54) is 6.42 Å². The molecular formula is C15H21NO. The van der Waals surface area contributed by atoms with E-state index >= 15 is 0 Å². The SMILES string of the molecule is CC12CCC(C1)C(C)(C)[C@@]2(O)c1ccccn1. The Balaban J connectivity index is 2.18. The van der Waals surface area contributed by atoms with Gasteiger partial charge in [0, 0.05) is 17.0 Å². The molecule has 3 atom stereocenters. The summed E-state index contributed by atoms with van der Waals surface area (Å²) in [5.74, 6) is 0.625. The summed E-state index contributed by atoms with van der Waals surface area (Å²) in [5.41, 5.74) is 0.00308. The summed E-state index contributed by atoms with van der Waals surface area (Å²) in [6, 6.07) is 5.87. The zero-order chi connectivity index (χ0) is 12.3. The fraction of sp³-hybridized carbons (Fsp3) is 0.667. The van der Waals surface area contributed by atoms with Crippen LogP contribution in [0.5, 0.6) is 0 Å². The van der Waals surface area contributed by atoms with Crippen LogP contribution in [0.15, 0.2) is 24.4 Å². The molecule has 17 heavy (non-hydrogen) atoms. The fourth-order valence-electron chi connectivity index (χ4n) is 4.47. The molecule has 92 valence electrons. The Bertz CT molecular complexity index is 435. The van der Waals surface area contributed by atoms with Gasteiger partial charge in [0.25, 0.3) is 0 Å².